The van der Waals surface area contributed by atoms with Crippen molar-refractivity contribution in [3.63, 3.8) is 0 Å². The lowest BCUT2D eigenvalue weighted by Gasteiger charge is -2.16. The van der Waals surface area contributed by atoms with Crippen LogP contribution in [0.4, 0.5) is 5.82 Å². The lowest BCUT2D eigenvalue weighted by atomic mass is 9.96. The number of aromatic nitrogens is 6. The van der Waals surface area contributed by atoms with Crippen LogP contribution < -0.4 is 10.6 Å². The van der Waals surface area contributed by atoms with Gasteiger partial charge in [-0.25, -0.2) is 19.5 Å². The zero-order valence-electron chi connectivity index (χ0n) is 19.1. The molecule has 0 aliphatic carbocycles. The molecular weight excluding hydrogens is 428 g/mol. The average molecular weight is 453 g/mol. The molecule has 0 fully saturated rings. The van der Waals surface area contributed by atoms with Gasteiger partial charge in [-0.05, 0) is 18.6 Å². The summed E-state index contributed by atoms with van der Waals surface area (Å²) < 4.78 is 1.75. The minimum Gasteiger partial charge on any atom is -0.369 e. The van der Waals surface area contributed by atoms with E-state index in [-0.39, 0.29) is 11.8 Å². The van der Waals surface area contributed by atoms with E-state index in [4.69, 9.17) is 0 Å². The van der Waals surface area contributed by atoms with Crippen LogP contribution >= 0.6 is 0 Å². The van der Waals surface area contributed by atoms with Crippen LogP contribution in [-0.4, -0.2) is 49.0 Å². The lowest BCUT2D eigenvalue weighted by molar-refractivity contribution is 0.0964. The molecule has 5 aromatic rings. The highest BCUT2D eigenvalue weighted by atomic mass is 16.1. The number of rotatable bonds is 6. The fourth-order valence-corrected chi connectivity index (χ4v) is 4.04. The first-order valence-corrected chi connectivity index (χ1v) is 11.0. The largest absolute Gasteiger partial charge is 0.369 e. The smallest absolute Gasteiger partial charge is 0.251 e. The molecular formula is C25H24N8O. The molecule has 9 nitrogen and oxygen atoms in total. The third-order valence-electron chi connectivity index (χ3n) is 5.79. The Balaban J connectivity index is 1.37. The molecule has 0 saturated carbocycles. The van der Waals surface area contributed by atoms with E-state index in [1.165, 1.54) is 6.33 Å². The van der Waals surface area contributed by atoms with Gasteiger partial charge in [0.15, 0.2) is 5.65 Å². The number of para-hydroxylation sites is 1. The molecule has 4 heterocycles. The van der Waals surface area contributed by atoms with Crippen molar-refractivity contribution < 1.29 is 4.79 Å². The first-order valence-electron chi connectivity index (χ1n) is 11.0. The van der Waals surface area contributed by atoms with E-state index in [1.54, 1.807) is 30.0 Å². The van der Waals surface area contributed by atoms with Gasteiger partial charge in [-0.1, -0.05) is 25.1 Å². The summed E-state index contributed by atoms with van der Waals surface area (Å²) in [6.45, 7) is 4.69. The number of pyridine rings is 1. The van der Waals surface area contributed by atoms with Crippen LogP contribution in [0.2, 0.25) is 0 Å². The topological polar surface area (TPSA) is 110 Å². The summed E-state index contributed by atoms with van der Waals surface area (Å²) in [7, 11) is 1.63. The van der Waals surface area contributed by atoms with Crippen molar-refractivity contribution in [3.05, 3.63) is 78.1 Å². The number of carbonyl (C=O) groups is 1. The Morgan fingerprint density at radius 3 is 2.85 bits per heavy atom. The van der Waals surface area contributed by atoms with Gasteiger partial charge in [-0.2, -0.15) is 5.10 Å². The number of hydrogen-bond acceptors (Lipinski definition) is 7. The van der Waals surface area contributed by atoms with Gasteiger partial charge in [0.05, 0.1) is 22.5 Å². The first kappa shape index (κ1) is 21.4. The van der Waals surface area contributed by atoms with E-state index in [0.717, 1.165) is 39.1 Å². The van der Waals surface area contributed by atoms with Gasteiger partial charge < -0.3 is 10.6 Å². The Morgan fingerprint density at radius 1 is 1.12 bits per heavy atom. The zero-order chi connectivity index (χ0) is 23.7. The van der Waals surface area contributed by atoms with E-state index in [0.29, 0.717) is 17.9 Å². The molecule has 9 heteroatoms. The van der Waals surface area contributed by atoms with Crippen LogP contribution in [0, 0.1) is 6.92 Å². The number of carbonyl (C=O) groups excluding carboxylic acids is 1. The van der Waals surface area contributed by atoms with Crippen LogP contribution in [0.25, 0.3) is 27.8 Å². The van der Waals surface area contributed by atoms with Crippen LogP contribution in [0.5, 0.6) is 0 Å². The Hall–Kier alpha value is -4.40. The summed E-state index contributed by atoms with van der Waals surface area (Å²) in [5.41, 5.74) is 5.83. The number of aryl methyl sites for hydroxylation is 1. The Bertz CT molecular complexity index is 1510. The molecule has 0 bridgehead atoms. The van der Waals surface area contributed by atoms with Crippen molar-refractivity contribution in [3.8, 4) is 11.3 Å². The standard InChI is InChI=1S/C25H24N8O/c1-15(18-5-4-6-19-20(25(34)26-3)7-8-27-24(18)19)11-28-22-10-21(30-14-31-22)17-12-29-23-9-16(2)32-33(23)13-17/h4-10,12-15H,11H2,1-3H3,(H,26,34)(H,28,30,31)/t15-/m0/s1. The van der Waals surface area contributed by atoms with E-state index < -0.39 is 0 Å². The SMILES string of the molecule is CNC(=O)c1ccnc2c([C@@H](C)CNc3cc(-c4cnc5cc(C)nn5c4)ncn3)cccc12. The second-order valence-corrected chi connectivity index (χ2v) is 8.18. The molecule has 0 radical (unpaired) electrons. The van der Waals surface area contributed by atoms with Crippen molar-refractivity contribution in [1.29, 1.82) is 0 Å². The third-order valence-corrected chi connectivity index (χ3v) is 5.79. The summed E-state index contributed by atoms with van der Waals surface area (Å²) in [6, 6.07) is 11.5. The van der Waals surface area contributed by atoms with Gasteiger partial charge in [0.2, 0.25) is 0 Å². The predicted molar refractivity (Wildman–Crippen MR) is 131 cm³/mol. The first-order chi connectivity index (χ1) is 16.5. The van der Waals surface area contributed by atoms with Crippen LogP contribution in [0.3, 0.4) is 0 Å². The lowest BCUT2D eigenvalue weighted by Crippen LogP contribution is -2.18. The number of benzene rings is 1. The fourth-order valence-electron chi connectivity index (χ4n) is 4.04. The molecule has 170 valence electrons. The van der Waals surface area contributed by atoms with E-state index >= 15 is 0 Å². The molecule has 1 aromatic carbocycles. The molecule has 0 saturated heterocycles. The summed E-state index contributed by atoms with van der Waals surface area (Å²) in [5, 5.41) is 11.4. The van der Waals surface area contributed by atoms with Crippen LogP contribution in [0.1, 0.15) is 34.5 Å². The molecule has 0 aliphatic rings. The molecule has 34 heavy (non-hydrogen) atoms. The van der Waals surface area contributed by atoms with Gasteiger partial charge in [0, 0.05) is 61.2 Å². The fraction of sp³-hybridized carbons (Fsp3) is 0.200. The van der Waals surface area contributed by atoms with Crippen molar-refractivity contribution in [2.75, 3.05) is 18.9 Å². The summed E-state index contributed by atoms with van der Waals surface area (Å²) >= 11 is 0. The quantitative estimate of drug-likeness (QED) is 0.405. The van der Waals surface area contributed by atoms with Gasteiger partial charge in [-0.15, -0.1) is 0 Å². The second-order valence-electron chi connectivity index (χ2n) is 8.18. The molecule has 0 spiro atoms. The van der Waals surface area contributed by atoms with Gasteiger partial charge in [-0.3, -0.25) is 9.78 Å². The number of nitrogens with one attached hydrogen (secondary N) is 2. The molecule has 2 N–H and O–H groups in total. The summed E-state index contributed by atoms with van der Waals surface area (Å²) in [4.78, 5) is 30.1. The molecule has 1 atom stereocenters. The molecule has 0 aliphatic heterocycles. The monoisotopic (exact) mass is 452 g/mol. The minimum absolute atomic E-state index is 0.123. The van der Waals surface area contributed by atoms with Crippen molar-refractivity contribution in [2.24, 2.45) is 0 Å². The maximum atomic E-state index is 12.3. The number of anilines is 1. The van der Waals surface area contributed by atoms with Crippen molar-refractivity contribution >= 4 is 28.3 Å². The number of amides is 1. The Labute approximate surface area is 196 Å². The van der Waals surface area contributed by atoms with E-state index in [9.17, 15) is 4.79 Å². The highest BCUT2D eigenvalue weighted by Gasteiger charge is 2.15. The number of nitrogens with zero attached hydrogens (tertiary/aromatic N) is 6. The molecule has 5 rings (SSSR count). The summed E-state index contributed by atoms with van der Waals surface area (Å²) in [5.74, 6) is 0.717. The van der Waals surface area contributed by atoms with Gasteiger partial charge >= 0.3 is 0 Å². The highest BCUT2D eigenvalue weighted by molar-refractivity contribution is 6.06. The average Bonchev–Trinajstić information content (AvgIpc) is 3.25. The third kappa shape index (κ3) is 4.03. The van der Waals surface area contributed by atoms with E-state index in [1.807, 2.05) is 43.5 Å². The minimum atomic E-state index is -0.123. The van der Waals surface area contributed by atoms with Gasteiger partial charge in [0.1, 0.15) is 12.1 Å². The molecule has 4 aromatic heterocycles. The predicted octanol–water partition coefficient (Wildman–Crippen LogP) is 3.62. The second kappa shape index (κ2) is 8.86. The van der Waals surface area contributed by atoms with Crippen LogP contribution in [0.15, 0.2) is 61.3 Å². The maximum absolute atomic E-state index is 12.3. The number of hydrogen-bond donors (Lipinski definition) is 2. The van der Waals surface area contributed by atoms with Crippen molar-refractivity contribution in [2.45, 2.75) is 19.8 Å². The van der Waals surface area contributed by atoms with Crippen molar-refractivity contribution in [1.82, 2.24) is 34.9 Å². The zero-order valence-corrected chi connectivity index (χ0v) is 19.1. The Kier molecular flexibility index (Phi) is 5.59. The van der Waals surface area contributed by atoms with E-state index in [2.05, 4.69) is 42.6 Å². The van der Waals surface area contributed by atoms with Gasteiger partial charge in [0.25, 0.3) is 5.91 Å². The van der Waals surface area contributed by atoms with Crippen LogP contribution in [-0.2, 0) is 0 Å². The highest BCUT2D eigenvalue weighted by Crippen LogP contribution is 2.27. The normalized spacial score (nSPS) is 12.1. The summed E-state index contributed by atoms with van der Waals surface area (Å²) in [6.07, 6.45) is 6.92. The Morgan fingerprint density at radius 2 is 2.00 bits per heavy atom. The molecule has 0 unspecified atom stereocenters. The molecule has 1 amide bonds. The maximum Gasteiger partial charge on any atom is 0.251 e. The number of fused-ring (bicyclic) bond motifs is 2.